The zero-order valence-corrected chi connectivity index (χ0v) is 13.0. The van der Waals surface area contributed by atoms with Crippen molar-refractivity contribution in [1.82, 2.24) is 9.80 Å². The SMILES string of the molecule is CC(C)N(C)CCC(=O)O.NC(=O)N1CCCCCC1. The number of rotatable bonds is 4. The first kappa shape index (κ1) is 18.7. The van der Waals surface area contributed by atoms with Crippen molar-refractivity contribution < 1.29 is 14.7 Å². The molecule has 1 rings (SSSR count). The van der Waals surface area contributed by atoms with E-state index in [-0.39, 0.29) is 12.5 Å². The van der Waals surface area contributed by atoms with E-state index in [9.17, 15) is 9.59 Å². The van der Waals surface area contributed by atoms with E-state index in [4.69, 9.17) is 10.8 Å². The third kappa shape index (κ3) is 9.61. The Morgan fingerprint density at radius 1 is 1.20 bits per heavy atom. The number of carboxylic acids is 1. The molecule has 0 aromatic carbocycles. The summed E-state index contributed by atoms with van der Waals surface area (Å²) < 4.78 is 0. The Morgan fingerprint density at radius 3 is 2.05 bits per heavy atom. The molecule has 1 heterocycles. The Morgan fingerprint density at radius 2 is 1.70 bits per heavy atom. The summed E-state index contributed by atoms with van der Waals surface area (Å²) in [7, 11) is 1.92. The third-order valence-corrected chi connectivity index (χ3v) is 3.48. The molecule has 0 atom stereocenters. The van der Waals surface area contributed by atoms with Gasteiger partial charge in [0, 0.05) is 25.7 Å². The maximum absolute atomic E-state index is 10.7. The van der Waals surface area contributed by atoms with Gasteiger partial charge in [-0.1, -0.05) is 12.8 Å². The van der Waals surface area contributed by atoms with Gasteiger partial charge in [0.2, 0.25) is 0 Å². The summed E-state index contributed by atoms with van der Waals surface area (Å²) in [5, 5.41) is 8.32. The molecule has 0 aromatic heterocycles. The van der Waals surface area contributed by atoms with Crippen molar-refractivity contribution >= 4 is 12.0 Å². The highest BCUT2D eigenvalue weighted by Gasteiger charge is 2.10. The van der Waals surface area contributed by atoms with Gasteiger partial charge in [0.25, 0.3) is 0 Å². The number of carbonyl (C=O) groups is 2. The molecule has 1 saturated heterocycles. The molecular formula is C14H29N3O3. The highest BCUT2D eigenvalue weighted by Crippen LogP contribution is 2.08. The molecule has 1 aliphatic heterocycles. The van der Waals surface area contributed by atoms with E-state index in [2.05, 4.69) is 0 Å². The molecule has 0 unspecified atom stereocenters. The minimum Gasteiger partial charge on any atom is -0.481 e. The molecule has 118 valence electrons. The molecule has 20 heavy (non-hydrogen) atoms. The van der Waals surface area contributed by atoms with Gasteiger partial charge >= 0.3 is 12.0 Å². The molecule has 0 radical (unpaired) electrons. The highest BCUT2D eigenvalue weighted by atomic mass is 16.4. The van der Waals surface area contributed by atoms with Crippen LogP contribution < -0.4 is 5.73 Å². The van der Waals surface area contributed by atoms with E-state index >= 15 is 0 Å². The van der Waals surface area contributed by atoms with Crippen LogP contribution in [0.5, 0.6) is 0 Å². The van der Waals surface area contributed by atoms with Crippen LogP contribution in [0.1, 0.15) is 46.0 Å². The fourth-order valence-electron chi connectivity index (χ4n) is 1.82. The Balaban J connectivity index is 0.000000361. The number of carboxylic acid groups (broad SMARTS) is 1. The largest absolute Gasteiger partial charge is 0.481 e. The average Bonchev–Trinajstić information content (AvgIpc) is 2.65. The highest BCUT2D eigenvalue weighted by molar-refractivity contribution is 5.71. The number of hydrogen-bond acceptors (Lipinski definition) is 3. The minimum atomic E-state index is -0.729. The number of urea groups is 1. The summed E-state index contributed by atoms with van der Waals surface area (Å²) in [6.45, 7) is 6.43. The van der Waals surface area contributed by atoms with Gasteiger partial charge in [-0.3, -0.25) is 4.79 Å². The summed E-state index contributed by atoms with van der Waals surface area (Å²) in [5.74, 6) is -0.729. The first-order valence-corrected chi connectivity index (χ1v) is 7.31. The zero-order chi connectivity index (χ0) is 15.5. The summed E-state index contributed by atoms with van der Waals surface area (Å²) in [6.07, 6.45) is 4.94. The minimum absolute atomic E-state index is 0.231. The van der Waals surface area contributed by atoms with Gasteiger partial charge in [0.1, 0.15) is 0 Å². The lowest BCUT2D eigenvalue weighted by atomic mass is 10.2. The van der Waals surface area contributed by atoms with Crippen molar-refractivity contribution in [3.8, 4) is 0 Å². The number of nitrogens with zero attached hydrogens (tertiary/aromatic N) is 2. The predicted molar refractivity (Wildman–Crippen MR) is 79.6 cm³/mol. The Kier molecular flexibility index (Phi) is 9.80. The van der Waals surface area contributed by atoms with Crippen LogP contribution in [0.4, 0.5) is 4.79 Å². The Bertz CT molecular complexity index is 287. The fourth-order valence-corrected chi connectivity index (χ4v) is 1.82. The van der Waals surface area contributed by atoms with E-state index in [1.165, 1.54) is 12.8 Å². The number of primary amides is 1. The standard InChI is InChI=1S/C7H14N2O.C7H15NO2/c8-7(10)9-5-3-1-2-4-6-9;1-6(2)8(3)5-4-7(9)10/h1-6H2,(H2,8,10);6H,4-5H2,1-3H3,(H,9,10). The second-order valence-electron chi connectivity index (χ2n) is 5.46. The molecule has 6 nitrogen and oxygen atoms in total. The number of nitrogens with two attached hydrogens (primary N) is 1. The number of hydrogen-bond donors (Lipinski definition) is 2. The summed E-state index contributed by atoms with van der Waals surface area (Å²) in [5.41, 5.74) is 5.12. The molecule has 0 spiro atoms. The molecule has 0 bridgehead atoms. The molecule has 3 N–H and O–H groups in total. The second kappa shape index (κ2) is 10.5. The maximum Gasteiger partial charge on any atom is 0.314 e. The van der Waals surface area contributed by atoms with Crippen molar-refractivity contribution in [2.75, 3.05) is 26.7 Å². The zero-order valence-electron chi connectivity index (χ0n) is 13.0. The Labute approximate surface area is 121 Å². The van der Waals surface area contributed by atoms with Crippen LogP contribution in [-0.4, -0.2) is 59.6 Å². The van der Waals surface area contributed by atoms with Crippen molar-refractivity contribution in [2.45, 2.75) is 52.0 Å². The quantitative estimate of drug-likeness (QED) is 0.824. The van der Waals surface area contributed by atoms with Gasteiger partial charge in [-0.15, -0.1) is 0 Å². The van der Waals surface area contributed by atoms with Crippen molar-refractivity contribution in [1.29, 1.82) is 0 Å². The van der Waals surface area contributed by atoms with E-state index in [0.29, 0.717) is 12.6 Å². The van der Waals surface area contributed by atoms with E-state index in [1.807, 2.05) is 25.8 Å². The van der Waals surface area contributed by atoms with Crippen molar-refractivity contribution in [3.63, 3.8) is 0 Å². The number of carbonyl (C=O) groups excluding carboxylic acids is 1. The smallest absolute Gasteiger partial charge is 0.314 e. The lowest BCUT2D eigenvalue weighted by Crippen LogP contribution is -2.36. The van der Waals surface area contributed by atoms with E-state index in [0.717, 1.165) is 25.9 Å². The fraction of sp³-hybridized carbons (Fsp3) is 0.857. The summed E-state index contributed by atoms with van der Waals surface area (Å²) in [4.78, 5) is 24.5. The van der Waals surface area contributed by atoms with Crippen LogP contribution in [-0.2, 0) is 4.79 Å². The molecule has 1 fully saturated rings. The van der Waals surface area contributed by atoms with Gasteiger partial charge in [0.05, 0.1) is 6.42 Å². The van der Waals surface area contributed by atoms with E-state index in [1.54, 1.807) is 4.90 Å². The second-order valence-corrected chi connectivity index (χ2v) is 5.46. The lowest BCUT2D eigenvalue weighted by Gasteiger charge is -2.19. The van der Waals surface area contributed by atoms with Crippen LogP contribution >= 0.6 is 0 Å². The van der Waals surface area contributed by atoms with Crippen molar-refractivity contribution in [2.24, 2.45) is 5.73 Å². The number of amides is 2. The maximum atomic E-state index is 10.7. The van der Waals surface area contributed by atoms with Crippen LogP contribution in [0.25, 0.3) is 0 Å². The molecular weight excluding hydrogens is 258 g/mol. The van der Waals surface area contributed by atoms with E-state index < -0.39 is 5.97 Å². The van der Waals surface area contributed by atoms with Gasteiger partial charge < -0.3 is 20.6 Å². The third-order valence-electron chi connectivity index (χ3n) is 3.48. The number of likely N-dealkylation sites (tertiary alicyclic amines) is 1. The van der Waals surface area contributed by atoms with Crippen LogP contribution in [0.3, 0.4) is 0 Å². The topological polar surface area (TPSA) is 86.9 Å². The van der Waals surface area contributed by atoms with Crippen molar-refractivity contribution in [3.05, 3.63) is 0 Å². The molecule has 0 saturated carbocycles. The number of aliphatic carboxylic acids is 1. The first-order valence-electron chi connectivity index (χ1n) is 7.31. The molecule has 6 heteroatoms. The van der Waals surface area contributed by atoms with Gasteiger partial charge in [-0.2, -0.15) is 0 Å². The molecule has 2 amide bonds. The lowest BCUT2D eigenvalue weighted by molar-refractivity contribution is -0.137. The normalized spacial score (nSPS) is 15.6. The molecule has 0 aliphatic carbocycles. The van der Waals surface area contributed by atoms with Gasteiger partial charge in [-0.05, 0) is 33.7 Å². The summed E-state index contributed by atoms with van der Waals surface area (Å²) in [6, 6.07) is 0.168. The Hall–Kier alpha value is -1.30. The van der Waals surface area contributed by atoms with Gasteiger partial charge in [0.15, 0.2) is 0 Å². The van der Waals surface area contributed by atoms with Crippen LogP contribution in [0, 0.1) is 0 Å². The molecule has 0 aromatic rings. The predicted octanol–water partition coefficient (Wildman–Crippen LogP) is 1.74. The summed E-state index contributed by atoms with van der Waals surface area (Å²) >= 11 is 0. The average molecular weight is 287 g/mol. The van der Waals surface area contributed by atoms with Crippen LogP contribution in [0.2, 0.25) is 0 Å². The monoisotopic (exact) mass is 287 g/mol. The molecule has 1 aliphatic rings. The van der Waals surface area contributed by atoms with Gasteiger partial charge in [-0.25, -0.2) is 4.79 Å². The first-order chi connectivity index (χ1) is 9.34. The van der Waals surface area contributed by atoms with Crippen LogP contribution in [0.15, 0.2) is 0 Å².